The van der Waals surface area contributed by atoms with Crippen LogP contribution in [-0.4, -0.2) is 53.3 Å². The molecule has 3 aromatic rings. The van der Waals surface area contributed by atoms with Crippen LogP contribution in [0.5, 0.6) is 11.5 Å². The molecule has 0 atom stereocenters. The molecule has 0 aromatic heterocycles. The molecule has 8 heteroatoms. The van der Waals surface area contributed by atoms with Gasteiger partial charge in [0, 0.05) is 51.5 Å². The highest BCUT2D eigenvalue weighted by atomic mass is 32.2. The molecular formula is C28H33N3O4S. The van der Waals surface area contributed by atoms with Crippen molar-refractivity contribution in [2.45, 2.75) is 37.2 Å². The second-order valence-electron chi connectivity index (χ2n) is 9.72. The summed E-state index contributed by atoms with van der Waals surface area (Å²) < 4.78 is 40.6. The van der Waals surface area contributed by atoms with E-state index >= 15 is 0 Å². The highest BCUT2D eigenvalue weighted by Crippen LogP contribution is 2.39. The van der Waals surface area contributed by atoms with Crippen LogP contribution in [0.2, 0.25) is 0 Å². The summed E-state index contributed by atoms with van der Waals surface area (Å²) in [6, 6.07) is 21.0. The summed E-state index contributed by atoms with van der Waals surface area (Å²) in [7, 11) is 0.307. The van der Waals surface area contributed by atoms with Crippen molar-refractivity contribution in [1.29, 1.82) is 0 Å². The van der Waals surface area contributed by atoms with E-state index in [1.54, 1.807) is 34.6 Å². The summed E-state index contributed by atoms with van der Waals surface area (Å²) in [5, 5.41) is 0. The van der Waals surface area contributed by atoms with Gasteiger partial charge in [-0.25, -0.2) is 8.42 Å². The Bertz CT molecular complexity index is 1320. The standard InChI is InChI=1S/C28H33N3O4S/c1-21-5-4-6-26(17-21)36(32,33)31(25-11-12-27-28(18-25)35-20-34-27)24-13-15-30(16-14-24)19-22-7-9-23(10-8-22)29(2)3/h4-12,17-18,24H,13-16,19-20H2,1-3H3. The maximum absolute atomic E-state index is 14.0. The summed E-state index contributed by atoms with van der Waals surface area (Å²) in [6.45, 7) is 4.56. The van der Waals surface area contributed by atoms with Crippen LogP contribution in [0.3, 0.4) is 0 Å². The van der Waals surface area contributed by atoms with Gasteiger partial charge in [-0.2, -0.15) is 0 Å². The molecule has 190 valence electrons. The smallest absolute Gasteiger partial charge is 0.264 e. The van der Waals surface area contributed by atoms with Gasteiger partial charge in [0.2, 0.25) is 6.79 Å². The first-order valence-electron chi connectivity index (χ1n) is 12.3. The van der Waals surface area contributed by atoms with Crippen LogP contribution < -0.4 is 18.7 Å². The molecule has 0 spiro atoms. The zero-order chi connectivity index (χ0) is 25.3. The summed E-state index contributed by atoms with van der Waals surface area (Å²) in [5.74, 6) is 1.22. The molecule has 0 aliphatic carbocycles. The maximum Gasteiger partial charge on any atom is 0.264 e. The van der Waals surface area contributed by atoms with Crippen molar-refractivity contribution in [1.82, 2.24) is 4.90 Å². The average Bonchev–Trinajstić information content (AvgIpc) is 3.34. The van der Waals surface area contributed by atoms with Crippen LogP contribution in [0.4, 0.5) is 11.4 Å². The molecule has 7 nitrogen and oxygen atoms in total. The fourth-order valence-corrected chi connectivity index (χ4v) is 6.73. The van der Waals surface area contributed by atoms with Gasteiger partial charge in [0.05, 0.1) is 10.6 Å². The van der Waals surface area contributed by atoms with E-state index in [1.165, 1.54) is 11.3 Å². The van der Waals surface area contributed by atoms with Crippen molar-refractivity contribution in [3.05, 3.63) is 77.9 Å². The van der Waals surface area contributed by atoms with E-state index < -0.39 is 10.0 Å². The lowest BCUT2D eigenvalue weighted by molar-refractivity contribution is 0.174. The number of piperidine rings is 1. The van der Waals surface area contributed by atoms with E-state index in [4.69, 9.17) is 9.47 Å². The number of likely N-dealkylation sites (tertiary alicyclic amines) is 1. The van der Waals surface area contributed by atoms with Gasteiger partial charge in [-0.05, 0) is 67.3 Å². The first-order chi connectivity index (χ1) is 17.3. The Morgan fingerprint density at radius 2 is 1.58 bits per heavy atom. The Morgan fingerprint density at radius 1 is 0.889 bits per heavy atom. The topological polar surface area (TPSA) is 62.3 Å². The molecule has 36 heavy (non-hydrogen) atoms. The lowest BCUT2D eigenvalue weighted by Crippen LogP contribution is -2.47. The number of benzene rings is 3. The molecule has 2 aliphatic heterocycles. The average molecular weight is 508 g/mol. The molecule has 0 N–H and O–H groups in total. The molecule has 0 radical (unpaired) electrons. The van der Waals surface area contributed by atoms with E-state index in [-0.39, 0.29) is 12.8 Å². The molecule has 0 saturated carbocycles. The summed E-state index contributed by atoms with van der Waals surface area (Å²) in [6.07, 6.45) is 1.49. The molecule has 0 amide bonds. The second kappa shape index (κ2) is 10.0. The first-order valence-corrected chi connectivity index (χ1v) is 13.7. The second-order valence-corrected chi connectivity index (χ2v) is 11.5. The van der Waals surface area contributed by atoms with Crippen molar-refractivity contribution < 1.29 is 17.9 Å². The predicted molar refractivity (Wildman–Crippen MR) is 142 cm³/mol. The van der Waals surface area contributed by atoms with E-state index in [2.05, 4.69) is 34.1 Å². The molecule has 1 fully saturated rings. The highest BCUT2D eigenvalue weighted by Gasteiger charge is 2.35. The molecule has 2 heterocycles. The largest absolute Gasteiger partial charge is 0.454 e. The molecule has 0 unspecified atom stereocenters. The summed E-state index contributed by atoms with van der Waals surface area (Å²) in [5.41, 5.74) is 3.97. The van der Waals surface area contributed by atoms with E-state index in [0.29, 0.717) is 22.1 Å². The normalized spacial score (nSPS) is 16.2. The fourth-order valence-electron chi connectivity index (χ4n) is 4.93. The maximum atomic E-state index is 14.0. The van der Waals surface area contributed by atoms with Crippen molar-refractivity contribution in [2.24, 2.45) is 0 Å². The Morgan fingerprint density at radius 3 is 2.28 bits per heavy atom. The lowest BCUT2D eigenvalue weighted by Gasteiger charge is -2.39. The van der Waals surface area contributed by atoms with Gasteiger partial charge in [-0.1, -0.05) is 24.3 Å². The number of ether oxygens (including phenoxy) is 2. The monoisotopic (exact) mass is 507 g/mol. The number of hydrogen-bond donors (Lipinski definition) is 0. The zero-order valence-electron chi connectivity index (χ0n) is 21.1. The van der Waals surface area contributed by atoms with Gasteiger partial charge >= 0.3 is 0 Å². The fraction of sp³-hybridized carbons (Fsp3) is 0.357. The number of aryl methyl sites for hydroxylation is 1. The molecule has 5 rings (SSSR count). The quantitative estimate of drug-likeness (QED) is 0.464. The molecule has 2 aliphatic rings. The Hall–Kier alpha value is -3.23. The van der Waals surface area contributed by atoms with E-state index in [0.717, 1.165) is 38.0 Å². The van der Waals surface area contributed by atoms with Gasteiger partial charge in [-0.15, -0.1) is 0 Å². The molecule has 1 saturated heterocycles. The van der Waals surface area contributed by atoms with Crippen molar-refractivity contribution in [3.8, 4) is 11.5 Å². The third-order valence-electron chi connectivity index (χ3n) is 6.90. The third kappa shape index (κ3) is 5.01. The van der Waals surface area contributed by atoms with Crippen LogP contribution in [0.15, 0.2) is 71.6 Å². The Kier molecular flexibility index (Phi) is 6.81. The SMILES string of the molecule is Cc1cccc(S(=O)(=O)N(c2ccc3c(c2)OCO3)C2CCN(Cc3ccc(N(C)C)cc3)CC2)c1. The van der Waals surface area contributed by atoms with Gasteiger partial charge in [0.15, 0.2) is 11.5 Å². The number of sulfonamides is 1. The van der Waals surface area contributed by atoms with Crippen LogP contribution in [0, 0.1) is 6.92 Å². The minimum absolute atomic E-state index is 0.150. The number of nitrogens with zero attached hydrogens (tertiary/aromatic N) is 3. The molecular weight excluding hydrogens is 474 g/mol. The molecule has 3 aromatic carbocycles. The Balaban J connectivity index is 1.38. The summed E-state index contributed by atoms with van der Waals surface area (Å²) >= 11 is 0. The van der Waals surface area contributed by atoms with Crippen molar-refractivity contribution in [2.75, 3.05) is 43.2 Å². The van der Waals surface area contributed by atoms with E-state index in [1.807, 2.05) is 33.2 Å². The van der Waals surface area contributed by atoms with Gasteiger partial charge in [0.25, 0.3) is 10.0 Å². The number of hydrogen-bond acceptors (Lipinski definition) is 6. The van der Waals surface area contributed by atoms with Crippen LogP contribution in [-0.2, 0) is 16.6 Å². The van der Waals surface area contributed by atoms with Crippen LogP contribution >= 0.6 is 0 Å². The minimum atomic E-state index is -3.77. The number of rotatable bonds is 7. The number of fused-ring (bicyclic) bond motifs is 1. The predicted octanol–water partition coefficient (Wildman–Crippen LogP) is 4.65. The van der Waals surface area contributed by atoms with E-state index in [9.17, 15) is 8.42 Å². The number of anilines is 2. The highest BCUT2D eigenvalue weighted by molar-refractivity contribution is 7.92. The van der Waals surface area contributed by atoms with Gasteiger partial charge < -0.3 is 14.4 Å². The minimum Gasteiger partial charge on any atom is -0.454 e. The van der Waals surface area contributed by atoms with Gasteiger partial charge in [0.1, 0.15) is 0 Å². The van der Waals surface area contributed by atoms with Crippen LogP contribution in [0.1, 0.15) is 24.0 Å². The summed E-state index contributed by atoms with van der Waals surface area (Å²) in [4.78, 5) is 4.80. The Labute approximate surface area is 213 Å². The lowest BCUT2D eigenvalue weighted by atomic mass is 10.0. The molecule has 0 bridgehead atoms. The van der Waals surface area contributed by atoms with Crippen molar-refractivity contribution >= 4 is 21.4 Å². The van der Waals surface area contributed by atoms with Crippen LogP contribution in [0.25, 0.3) is 0 Å². The van der Waals surface area contributed by atoms with Gasteiger partial charge in [-0.3, -0.25) is 9.21 Å². The third-order valence-corrected chi connectivity index (χ3v) is 8.78. The zero-order valence-corrected chi connectivity index (χ0v) is 21.9. The van der Waals surface area contributed by atoms with Crippen molar-refractivity contribution in [3.63, 3.8) is 0 Å². The first kappa shape index (κ1) is 24.5.